The van der Waals surface area contributed by atoms with Gasteiger partial charge in [0.15, 0.2) is 0 Å². The van der Waals surface area contributed by atoms with Gasteiger partial charge in [-0.3, -0.25) is 9.59 Å². The van der Waals surface area contributed by atoms with Gasteiger partial charge in [0.2, 0.25) is 11.8 Å². The van der Waals surface area contributed by atoms with Crippen molar-refractivity contribution in [1.82, 2.24) is 15.5 Å². The molecule has 3 amide bonds. The van der Waals surface area contributed by atoms with Crippen LogP contribution in [0.2, 0.25) is 0 Å². The van der Waals surface area contributed by atoms with Crippen LogP contribution in [0, 0.1) is 13.8 Å². The van der Waals surface area contributed by atoms with Crippen LogP contribution < -0.4 is 10.6 Å². The third-order valence-corrected chi connectivity index (χ3v) is 6.68. The van der Waals surface area contributed by atoms with Crippen LogP contribution in [0.15, 0.2) is 48.5 Å². The van der Waals surface area contributed by atoms with Gasteiger partial charge in [-0.15, -0.1) is 0 Å². The van der Waals surface area contributed by atoms with Gasteiger partial charge < -0.3 is 20.3 Å². The molecule has 0 saturated carbocycles. The van der Waals surface area contributed by atoms with Crippen LogP contribution in [0.4, 0.5) is 4.79 Å². The molecule has 2 aromatic rings. The van der Waals surface area contributed by atoms with Gasteiger partial charge in [-0.05, 0) is 64.2 Å². The third-order valence-electron chi connectivity index (χ3n) is 6.68. The van der Waals surface area contributed by atoms with E-state index in [-0.39, 0.29) is 18.2 Å². The van der Waals surface area contributed by atoms with Crippen molar-refractivity contribution in [2.24, 2.45) is 0 Å². The zero-order valence-corrected chi connectivity index (χ0v) is 25.5. The van der Waals surface area contributed by atoms with Gasteiger partial charge in [0.05, 0.1) is 0 Å². The minimum absolute atomic E-state index is 0.206. The fourth-order valence-corrected chi connectivity index (χ4v) is 4.59. The van der Waals surface area contributed by atoms with Crippen LogP contribution in [-0.4, -0.2) is 47.5 Å². The molecule has 0 radical (unpaired) electrons. The van der Waals surface area contributed by atoms with E-state index in [2.05, 4.69) is 24.5 Å². The zero-order valence-electron chi connectivity index (χ0n) is 25.5. The van der Waals surface area contributed by atoms with Crippen molar-refractivity contribution >= 4 is 17.9 Å². The van der Waals surface area contributed by atoms with Gasteiger partial charge in [-0.25, -0.2) is 4.79 Å². The molecule has 7 nitrogen and oxygen atoms in total. The number of nitrogens with one attached hydrogen (secondary N) is 2. The van der Waals surface area contributed by atoms with Crippen molar-refractivity contribution < 1.29 is 19.1 Å². The molecule has 0 aliphatic carbocycles. The second-order valence-electron chi connectivity index (χ2n) is 11.5. The van der Waals surface area contributed by atoms with Crippen molar-refractivity contribution in [3.63, 3.8) is 0 Å². The van der Waals surface area contributed by atoms with Crippen LogP contribution in [0.25, 0.3) is 0 Å². The second-order valence-corrected chi connectivity index (χ2v) is 11.5. The Morgan fingerprint density at radius 1 is 0.925 bits per heavy atom. The predicted octanol–water partition coefficient (Wildman–Crippen LogP) is 6.42. The Balaban J connectivity index is 2.57. The summed E-state index contributed by atoms with van der Waals surface area (Å²) >= 11 is 0. The number of carbonyl (C=O) groups excluding carboxylic acids is 3. The van der Waals surface area contributed by atoms with Gasteiger partial charge in [0.1, 0.15) is 17.7 Å². The molecular weight excluding hydrogens is 502 g/mol. The maximum Gasteiger partial charge on any atom is 0.408 e. The topological polar surface area (TPSA) is 87.7 Å². The van der Waals surface area contributed by atoms with Gasteiger partial charge in [-0.2, -0.15) is 0 Å². The smallest absolute Gasteiger partial charge is 0.408 e. The van der Waals surface area contributed by atoms with E-state index in [0.29, 0.717) is 13.1 Å². The van der Waals surface area contributed by atoms with Gasteiger partial charge in [0, 0.05) is 19.5 Å². The maximum absolute atomic E-state index is 14.5. The number of aryl methyl sites for hydroxylation is 2. The number of unbranched alkanes of at least 4 members (excludes halogenated alkanes) is 3. The quantitative estimate of drug-likeness (QED) is 0.265. The normalized spacial score (nSPS) is 12.8. The zero-order chi connectivity index (χ0) is 29.7. The van der Waals surface area contributed by atoms with Crippen molar-refractivity contribution in [1.29, 1.82) is 0 Å². The third kappa shape index (κ3) is 10.7. The van der Waals surface area contributed by atoms with Crippen LogP contribution in [0.1, 0.15) is 95.0 Å². The maximum atomic E-state index is 14.5. The van der Waals surface area contributed by atoms with E-state index in [9.17, 15) is 14.4 Å². The average molecular weight is 552 g/mol. The highest BCUT2D eigenvalue weighted by Crippen LogP contribution is 2.28. The molecule has 2 unspecified atom stereocenters. The van der Waals surface area contributed by atoms with E-state index < -0.39 is 23.8 Å². The highest BCUT2D eigenvalue weighted by Gasteiger charge is 2.36. The molecule has 0 heterocycles. The minimum Gasteiger partial charge on any atom is -0.444 e. The average Bonchev–Trinajstić information content (AvgIpc) is 2.89. The first kappa shape index (κ1) is 32.9. The van der Waals surface area contributed by atoms with Gasteiger partial charge in [0.25, 0.3) is 0 Å². The Morgan fingerprint density at radius 2 is 1.60 bits per heavy atom. The summed E-state index contributed by atoms with van der Waals surface area (Å²) in [7, 11) is 0. The summed E-state index contributed by atoms with van der Waals surface area (Å²) in [6, 6.07) is 13.9. The fraction of sp³-hybridized carbons (Fsp3) is 0.545. The lowest BCUT2D eigenvalue weighted by atomic mass is 9.95. The SMILES string of the molecule is CCCCCN(C(=O)C(Cc1ccccc1)NC(=O)OC(C)(C)C)C(C(=O)NCCCC)c1cc(C)ccc1C. The lowest BCUT2D eigenvalue weighted by Gasteiger charge is -2.35. The highest BCUT2D eigenvalue weighted by molar-refractivity contribution is 5.92. The van der Waals surface area contributed by atoms with Gasteiger partial charge >= 0.3 is 6.09 Å². The summed E-state index contributed by atoms with van der Waals surface area (Å²) in [6.07, 6.45) is 4.06. The number of hydrogen-bond donors (Lipinski definition) is 2. The molecule has 0 aromatic heterocycles. The lowest BCUT2D eigenvalue weighted by molar-refractivity contribution is -0.142. The predicted molar refractivity (Wildman–Crippen MR) is 161 cm³/mol. The molecular formula is C33H49N3O4. The van der Waals surface area contributed by atoms with Crippen LogP contribution in [0.3, 0.4) is 0 Å². The Labute approximate surface area is 241 Å². The molecule has 0 aliphatic heterocycles. The molecule has 0 aliphatic rings. The molecule has 0 fully saturated rings. The molecule has 220 valence electrons. The molecule has 2 rings (SSSR count). The first-order valence-electron chi connectivity index (χ1n) is 14.7. The summed E-state index contributed by atoms with van der Waals surface area (Å²) in [6.45, 7) is 14.4. The van der Waals surface area contributed by atoms with E-state index in [4.69, 9.17) is 4.74 Å². The van der Waals surface area contributed by atoms with Crippen LogP contribution in [-0.2, 0) is 20.7 Å². The number of rotatable bonds is 14. The van der Waals surface area contributed by atoms with Crippen molar-refractivity contribution in [3.8, 4) is 0 Å². The Morgan fingerprint density at radius 3 is 2.23 bits per heavy atom. The molecule has 2 N–H and O–H groups in total. The largest absolute Gasteiger partial charge is 0.444 e. The summed E-state index contributed by atoms with van der Waals surface area (Å²) < 4.78 is 5.53. The number of carbonyl (C=O) groups is 3. The molecule has 40 heavy (non-hydrogen) atoms. The number of amides is 3. The van der Waals surface area contributed by atoms with E-state index in [1.807, 2.05) is 62.4 Å². The van der Waals surface area contributed by atoms with Crippen LogP contribution in [0.5, 0.6) is 0 Å². The number of alkyl carbamates (subject to hydrolysis) is 1. The molecule has 0 bridgehead atoms. The van der Waals surface area contributed by atoms with Crippen molar-refractivity contribution in [3.05, 3.63) is 70.8 Å². The van der Waals surface area contributed by atoms with E-state index in [1.54, 1.807) is 25.7 Å². The van der Waals surface area contributed by atoms with E-state index in [1.165, 1.54) is 0 Å². The lowest BCUT2D eigenvalue weighted by Crippen LogP contribution is -2.54. The summed E-state index contributed by atoms with van der Waals surface area (Å²) in [5.41, 5.74) is 2.94. The molecule has 0 spiro atoms. The van der Waals surface area contributed by atoms with E-state index >= 15 is 0 Å². The highest BCUT2D eigenvalue weighted by atomic mass is 16.6. The standard InChI is InChI=1S/C33H49N3O4/c1-8-10-15-21-36(29(30(37)34-20-11-9-2)27-22-24(3)18-19-25(27)4)31(38)28(23-26-16-13-12-14-17-26)35-32(39)40-33(5,6)7/h12-14,16-19,22,28-29H,8-11,15,20-21,23H2,1-7H3,(H,34,37)(H,35,39). The number of hydrogen-bond acceptors (Lipinski definition) is 4. The fourth-order valence-electron chi connectivity index (χ4n) is 4.59. The minimum atomic E-state index is -0.907. The Hall–Kier alpha value is -3.35. The Bertz CT molecular complexity index is 1090. The molecule has 7 heteroatoms. The Kier molecular flexibility index (Phi) is 13.2. The summed E-state index contributed by atoms with van der Waals surface area (Å²) in [5.74, 6) is -0.509. The first-order valence-corrected chi connectivity index (χ1v) is 14.7. The van der Waals surface area contributed by atoms with Gasteiger partial charge in [-0.1, -0.05) is 87.2 Å². The summed E-state index contributed by atoms with van der Waals surface area (Å²) in [4.78, 5) is 42.9. The molecule has 0 saturated heterocycles. The van der Waals surface area contributed by atoms with Crippen molar-refractivity contribution in [2.45, 2.75) is 105 Å². The summed E-state index contributed by atoms with van der Waals surface area (Å²) in [5, 5.41) is 5.90. The number of nitrogens with zero attached hydrogens (tertiary/aromatic N) is 1. The van der Waals surface area contributed by atoms with E-state index in [0.717, 1.165) is 54.4 Å². The van der Waals surface area contributed by atoms with Crippen LogP contribution >= 0.6 is 0 Å². The molecule has 2 aromatic carbocycles. The van der Waals surface area contributed by atoms with Crippen molar-refractivity contribution in [2.75, 3.05) is 13.1 Å². The number of benzene rings is 2. The second kappa shape index (κ2) is 16.0. The first-order chi connectivity index (χ1) is 19.0. The number of ether oxygens (including phenoxy) is 1. The molecule has 2 atom stereocenters. The monoisotopic (exact) mass is 551 g/mol.